The number of aliphatic hydroxyl groups is 2. The fourth-order valence-electron chi connectivity index (χ4n) is 2.24. The van der Waals surface area contributed by atoms with E-state index in [2.05, 4.69) is 5.32 Å². The second-order valence-corrected chi connectivity index (χ2v) is 4.16. The van der Waals surface area contributed by atoms with E-state index >= 15 is 0 Å². The van der Waals surface area contributed by atoms with Crippen LogP contribution < -0.4 is 5.32 Å². The minimum absolute atomic E-state index is 0.111. The first kappa shape index (κ1) is 11.8. The summed E-state index contributed by atoms with van der Waals surface area (Å²) < 4.78 is 10.3. The standard InChI is InChI=1S/C10H17NO5/c1-2-15-10(14)5-3-7-8(11-5)9(13)6(12)4-16-7/h5-9,11-13H,2-4H2,1H3/t5-,6-,7-,8+,9-/m1/s1. The molecule has 0 amide bonds. The normalized spacial score (nSPS) is 42.8. The number of hydrogen-bond donors (Lipinski definition) is 3. The van der Waals surface area contributed by atoms with Crippen molar-refractivity contribution in [2.24, 2.45) is 0 Å². The maximum absolute atomic E-state index is 11.5. The van der Waals surface area contributed by atoms with Crippen LogP contribution >= 0.6 is 0 Å². The monoisotopic (exact) mass is 231 g/mol. The molecule has 0 aromatic rings. The number of fused-ring (bicyclic) bond motifs is 1. The minimum Gasteiger partial charge on any atom is -0.465 e. The molecule has 0 aliphatic carbocycles. The Balaban J connectivity index is 1.97. The largest absolute Gasteiger partial charge is 0.465 e. The molecular weight excluding hydrogens is 214 g/mol. The molecule has 0 aromatic carbocycles. The van der Waals surface area contributed by atoms with E-state index in [9.17, 15) is 15.0 Å². The average molecular weight is 231 g/mol. The summed E-state index contributed by atoms with van der Waals surface area (Å²) in [6, 6.07) is -0.840. The number of hydrogen-bond acceptors (Lipinski definition) is 6. The fourth-order valence-corrected chi connectivity index (χ4v) is 2.24. The highest BCUT2D eigenvalue weighted by atomic mass is 16.5. The van der Waals surface area contributed by atoms with E-state index in [0.29, 0.717) is 13.0 Å². The summed E-state index contributed by atoms with van der Waals surface area (Å²) in [5.41, 5.74) is 0. The van der Waals surface area contributed by atoms with Gasteiger partial charge in [-0.05, 0) is 6.92 Å². The van der Waals surface area contributed by atoms with Crippen molar-refractivity contribution in [3.05, 3.63) is 0 Å². The highest BCUT2D eigenvalue weighted by Crippen LogP contribution is 2.25. The molecule has 0 aromatic heterocycles. The van der Waals surface area contributed by atoms with Crippen LogP contribution in [0.4, 0.5) is 0 Å². The second-order valence-electron chi connectivity index (χ2n) is 4.16. The maximum atomic E-state index is 11.5. The number of ether oxygens (including phenoxy) is 2. The lowest BCUT2D eigenvalue weighted by Crippen LogP contribution is -2.55. The molecule has 16 heavy (non-hydrogen) atoms. The average Bonchev–Trinajstić information content (AvgIpc) is 2.69. The van der Waals surface area contributed by atoms with Crippen LogP contribution in [-0.4, -0.2) is 59.8 Å². The molecule has 5 atom stereocenters. The van der Waals surface area contributed by atoms with Gasteiger partial charge in [0.05, 0.1) is 31.5 Å². The zero-order valence-corrected chi connectivity index (χ0v) is 9.13. The highest BCUT2D eigenvalue weighted by Gasteiger charge is 2.47. The first-order chi connectivity index (χ1) is 7.63. The zero-order valence-electron chi connectivity index (χ0n) is 9.13. The lowest BCUT2D eigenvalue weighted by atomic mass is 9.98. The van der Waals surface area contributed by atoms with Crippen molar-refractivity contribution in [1.82, 2.24) is 5.32 Å². The second kappa shape index (κ2) is 4.67. The third-order valence-corrected chi connectivity index (χ3v) is 3.08. The van der Waals surface area contributed by atoms with Crippen LogP contribution in [0.25, 0.3) is 0 Å². The molecular formula is C10H17NO5. The zero-order chi connectivity index (χ0) is 11.7. The highest BCUT2D eigenvalue weighted by molar-refractivity contribution is 5.76. The van der Waals surface area contributed by atoms with E-state index in [-0.39, 0.29) is 18.7 Å². The van der Waals surface area contributed by atoms with Gasteiger partial charge in [-0.15, -0.1) is 0 Å². The molecule has 0 bridgehead atoms. The van der Waals surface area contributed by atoms with Crippen molar-refractivity contribution in [1.29, 1.82) is 0 Å². The van der Waals surface area contributed by atoms with E-state index in [1.807, 2.05) is 0 Å². The van der Waals surface area contributed by atoms with Crippen LogP contribution in [0, 0.1) is 0 Å². The molecule has 2 aliphatic rings. The lowest BCUT2D eigenvalue weighted by molar-refractivity contribution is -0.145. The van der Waals surface area contributed by atoms with E-state index in [1.54, 1.807) is 6.92 Å². The van der Waals surface area contributed by atoms with Crippen LogP contribution in [0.15, 0.2) is 0 Å². The SMILES string of the molecule is CCOC(=O)[C@H]1C[C@H]2OC[C@@H](O)[C@@H](O)[C@H]2N1. The van der Waals surface area contributed by atoms with Gasteiger partial charge in [-0.3, -0.25) is 10.1 Å². The van der Waals surface area contributed by atoms with Crippen LogP contribution in [-0.2, 0) is 14.3 Å². The molecule has 2 aliphatic heterocycles. The van der Waals surface area contributed by atoms with Crippen LogP contribution in [0.3, 0.4) is 0 Å². The third kappa shape index (κ3) is 2.06. The van der Waals surface area contributed by atoms with Gasteiger partial charge in [0, 0.05) is 6.42 Å². The van der Waals surface area contributed by atoms with Crippen molar-refractivity contribution in [2.45, 2.75) is 43.7 Å². The number of aliphatic hydroxyl groups excluding tert-OH is 2. The summed E-state index contributed by atoms with van der Waals surface area (Å²) in [5, 5.41) is 22.1. The topological polar surface area (TPSA) is 88.0 Å². The summed E-state index contributed by atoms with van der Waals surface area (Å²) in [6.07, 6.45) is -1.53. The maximum Gasteiger partial charge on any atom is 0.323 e. The summed E-state index contributed by atoms with van der Waals surface area (Å²) in [4.78, 5) is 11.5. The number of rotatable bonds is 2. The quantitative estimate of drug-likeness (QED) is 0.496. The number of esters is 1. The van der Waals surface area contributed by atoms with Gasteiger partial charge >= 0.3 is 5.97 Å². The third-order valence-electron chi connectivity index (χ3n) is 3.08. The first-order valence-corrected chi connectivity index (χ1v) is 5.54. The van der Waals surface area contributed by atoms with Crippen molar-refractivity contribution in [2.75, 3.05) is 13.2 Å². The van der Waals surface area contributed by atoms with Gasteiger partial charge in [-0.25, -0.2) is 0 Å². The molecule has 3 N–H and O–H groups in total. The van der Waals surface area contributed by atoms with Gasteiger partial charge in [0.15, 0.2) is 0 Å². The summed E-state index contributed by atoms with van der Waals surface area (Å²) >= 11 is 0. The molecule has 6 nitrogen and oxygen atoms in total. The molecule has 0 saturated carbocycles. The van der Waals surface area contributed by atoms with Gasteiger partial charge < -0.3 is 19.7 Å². The Morgan fingerprint density at radius 2 is 2.31 bits per heavy atom. The Morgan fingerprint density at radius 3 is 3.00 bits per heavy atom. The molecule has 92 valence electrons. The summed E-state index contributed by atoms with van der Waals surface area (Å²) in [5.74, 6) is -0.331. The Kier molecular flexibility index (Phi) is 3.44. The van der Waals surface area contributed by atoms with E-state index in [4.69, 9.17) is 9.47 Å². The minimum atomic E-state index is -0.894. The Bertz CT molecular complexity index is 272. The molecule has 2 fully saturated rings. The van der Waals surface area contributed by atoms with E-state index < -0.39 is 24.3 Å². The fraction of sp³-hybridized carbons (Fsp3) is 0.900. The van der Waals surface area contributed by atoms with Crippen molar-refractivity contribution >= 4 is 5.97 Å². The smallest absolute Gasteiger partial charge is 0.323 e. The molecule has 2 heterocycles. The van der Waals surface area contributed by atoms with Gasteiger partial charge in [-0.1, -0.05) is 0 Å². The molecule has 2 rings (SSSR count). The number of nitrogens with one attached hydrogen (secondary N) is 1. The Labute approximate surface area is 93.5 Å². The van der Waals surface area contributed by atoms with Gasteiger partial charge in [0.1, 0.15) is 12.1 Å². The molecule has 6 heteroatoms. The van der Waals surface area contributed by atoms with E-state index in [0.717, 1.165) is 0 Å². The predicted molar refractivity (Wildman–Crippen MR) is 53.7 cm³/mol. The van der Waals surface area contributed by atoms with Crippen molar-refractivity contribution < 1.29 is 24.5 Å². The van der Waals surface area contributed by atoms with Gasteiger partial charge in [0.25, 0.3) is 0 Å². The molecule has 0 spiro atoms. The lowest BCUT2D eigenvalue weighted by Gasteiger charge is -2.33. The first-order valence-electron chi connectivity index (χ1n) is 5.54. The van der Waals surface area contributed by atoms with E-state index in [1.165, 1.54) is 0 Å². The number of carbonyl (C=O) groups excluding carboxylic acids is 1. The molecule has 0 radical (unpaired) electrons. The van der Waals surface area contributed by atoms with Crippen LogP contribution in [0.2, 0.25) is 0 Å². The number of carbonyl (C=O) groups is 1. The van der Waals surface area contributed by atoms with Gasteiger partial charge in [0.2, 0.25) is 0 Å². The summed E-state index contributed by atoms with van der Waals surface area (Å²) in [7, 11) is 0. The molecule has 0 unspecified atom stereocenters. The molecule has 2 saturated heterocycles. The Hall–Kier alpha value is -0.690. The van der Waals surface area contributed by atoms with Crippen LogP contribution in [0.1, 0.15) is 13.3 Å². The van der Waals surface area contributed by atoms with Gasteiger partial charge in [-0.2, -0.15) is 0 Å². The van der Waals surface area contributed by atoms with Crippen LogP contribution in [0.5, 0.6) is 0 Å². The predicted octanol–water partition coefficient (Wildman–Crippen LogP) is -1.60. The summed E-state index contributed by atoms with van der Waals surface area (Å²) in [6.45, 7) is 2.19. The Morgan fingerprint density at radius 1 is 1.56 bits per heavy atom. The van der Waals surface area contributed by atoms with Crippen molar-refractivity contribution in [3.8, 4) is 0 Å². The van der Waals surface area contributed by atoms with Crippen molar-refractivity contribution in [3.63, 3.8) is 0 Å².